The van der Waals surface area contributed by atoms with Crippen molar-refractivity contribution in [1.29, 1.82) is 0 Å². The van der Waals surface area contributed by atoms with Crippen LogP contribution in [0.2, 0.25) is 5.02 Å². The van der Waals surface area contributed by atoms with Gasteiger partial charge in [0.25, 0.3) is 0 Å². The third-order valence-corrected chi connectivity index (χ3v) is 5.69. The predicted octanol–water partition coefficient (Wildman–Crippen LogP) is 4.06. The molecule has 0 aromatic heterocycles. The summed E-state index contributed by atoms with van der Waals surface area (Å²) in [7, 11) is 1.87. The summed E-state index contributed by atoms with van der Waals surface area (Å²) >= 11 is 6.22. The summed E-state index contributed by atoms with van der Waals surface area (Å²) < 4.78 is 6.15. The van der Waals surface area contributed by atoms with E-state index in [9.17, 15) is 4.79 Å². The molecule has 2 heterocycles. The summed E-state index contributed by atoms with van der Waals surface area (Å²) in [5.41, 5.74) is 1.66. The number of hydrogen-bond donors (Lipinski definition) is 1. The first-order valence-electron chi connectivity index (χ1n) is 10.4. The molecule has 158 valence electrons. The van der Waals surface area contributed by atoms with Gasteiger partial charge in [-0.2, -0.15) is 0 Å². The van der Waals surface area contributed by atoms with E-state index in [1.165, 1.54) is 0 Å². The minimum Gasteiger partial charge on any atom is -0.454 e. The zero-order valence-electron chi connectivity index (χ0n) is 17.4. The van der Waals surface area contributed by atoms with E-state index in [0.29, 0.717) is 29.4 Å². The van der Waals surface area contributed by atoms with Crippen molar-refractivity contribution in [3.8, 4) is 11.5 Å². The number of carbonyl (C=O) groups is 1. The molecule has 1 amide bonds. The van der Waals surface area contributed by atoms with Crippen LogP contribution in [0.4, 0.5) is 5.69 Å². The molecule has 1 atom stereocenters. The quantitative estimate of drug-likeness (QED) is 0.801. The van der Waals surface area contributed by atoms with Crippen LogP contribution < -0.4 is 10.1 Å². The molecule has 1 fully saturated rings. The number of carbonyl (C=O) groups excluding carboxylic acids is 1. The summed E-state index contributed by atoms with van der Waals surface area (Å²) in [6.07, 6.45) is 1.43. The highest BCUT2D eigenvalue weighted by Crippen LogP contribution is 2.39. The van der Waals surface area contributed by atoms with Crippen LogP contribution in [0.25, 0.3) is 0 Å². The van der Waals surface area contributed by atoms with Crippen LogP contribution in [0.3, 0.4) is 0 Å². The van der Waals surface area contributed by atoms with Gasteiger partial charge < -0.3 is 19.9 Å². The summed E-state index contributed by atoms with van der Waals surface area (Å²) in [5, 5.41) is 4.11. The molecule has 1 saturated heterocycles. The second kappa shape index (κ2) is 9.06. The number of nitrogens with one attached hydrogen (secondary N) is 1. The van der Waals surface area contributed by atoms with Gasteiger partial charge in [-0.05, 0) is 36.8 Å². The number of fused-ring (bicyclic) bond motifs is 2. The number of benzene rings is 2. The Morgan fingerprint density at radius 1 is 1.30 bits per heavy atom. The molecule has 2 aromatic carbocycles. The summed E-state index contributed by atoms with van der Waals surface area (Å²) in [5.74, 6) is 2.48. The van der Waals surface area contributed by atoms with Crippen LogP contribution in [0, 0.1) is 0 Å². The van der Waals surface area contributed by atoms with Crippen LogP contribution >= 0.6 is 11.6 Å². The highest BCUT2D eigenvalue weighted by Gasteiger charge is 2.28. The SMILES string of the molecule is CCCN(C)C(=O)C[C@H]1CN(C2=Nc3cc(Cl)ccc3Oc3ccccc32)CCN1. The van der Waals surface area contributed by atoms with Gasteiger partial charge in [-0.25, -0.2) is 4.99 Å². The maximum Gasteiger partial charge on any atom is 0.223 e. The van der Waals surface area contributed by atoms with Crippen LogP contribution in [0.15, 0.2) is 47.5 Å². The Bertz CT molecular complexity index is 962. The zero-order chi connectivity index (χ0) is 21.1. The van der Waals surface area contributed by atoms with Gasteiger partial charge in [0.05, 0.1) is 5.56 Å². The lowest BCUT2D eigenvalue weighted by atomic mass is 10.1. The van der Waals surface area contributed by atoms with Crippen molar-refractivity contribution in [2.75, 3.05) is 33.2 Å². The van der Waals surface area contributed by atoms with Gasteiger partial charge in [-0.3, -0.25) is 4.79 Å². The van der Waals surface area contributed by atoms with Crippen molar-refractivity contribution < 1.29 is 9.53 Å². The first kappa shape index (κ1) is 20.7. The maximum absolute atomic E-state index is 12.5. The van der Waals surface area contributed by atoms with Gasteiger partial charge in [0, 0.05) is 50.7 Å². The van der Waals surface area contributed by atoms with Crippen LogP contribution in [-0.4, -0.2) is 60.8 Å². The molecular weight excluding hydrogens is 400 g/mol. The minimum atomic E-state index is 0.0726. The van der Waals surface area contributed by atoms with E-state index in [0.717, 1.165) is 43.2 Å². The predicted molar refractivity (Wildman–Crippen MR) is 120 cm³/mol. The maximum atomic E-state index is 12.5. The first-order valence-corrected chi connectivity index (χ1v) is 10.8. The Morgan fingerprint density at radius 3 is 2.97 bits per heavy atom. The molecule has 2 aliphatic heterocycles. The third kappa shape index (κ3) is 4.45. The number of ether oxygens (including phenoxy) is 1. The largest absolute Gasteiger partial charge is 0.454 e. The third-order valence-electron chi connectivity index (χ3n) is 5.46. The van der Waals surface area contributed by atoms with Gasteiger partial charge in [-0.15, -0.1) is 0 Å². The molecule has 4 rings (SSSR count). The minimum absolute atomic E-state index is 0.0726. The standard InChI is InChI=1S/C23H27ClN4O2/c1-3-11-27(2)22(29)14-17-15-28(12-10-25-17)23-18-6-4-5-7-20(18)30-21-9-8-16(24)13-19(21)26-23/h4-9,13,17,25H,3,10-12,14-15H2,1-2H3/t17-/m0/s1. The molecule has 6 nitrogen and oxygen atoms in total. The normalized spacial score (nSPS) is 17.9. The van der Waals surface area contributed by atoms with Crippen molar-refractivity contribution in [2.45, 2.75) is 25.8 Å². The highest BCUT2D eigenvalue weighted by molar-refractivity contribution is 6.31. The Balaban J connectivity index is 1.62. The van der Waals surface area contributed by atoms with E-state index in [4.69, 9.17) is 21.3 Å². The summed E-state index contributed by atoms with van der Waals surface area (Å²) in [6, 6.07) is 13.5. The monoisotopic (exact) mass is 426 g/mol. The van der Waals surface area contributed by atoms with E-state index < -0.39 is 0 Å². The number of rotatable bonds is 4. The number of aliphatic imine (C=N–C) groups is 1. The van der Waals surface area contributed by atoms with E-state index >= 15 is 0 Å². The van der Waals surface area contributed by atoms with Crippen molar-refractivity contribution in [3.05, 3.63) is 53.1 Å². The fraction of sp³-hybridized carbons (Fsp3) is 0.391. The summed E-state index contributed by atoms with van der Waals surface area (Å²) in [4.78, 5) is 21.5. The Morgan fingerprint density at radius 2 is 2.13 bits per heavy atom. The molecule has 2 aromatic rings. The number of halogens is 1. The van der Waals surface area contributed by atoms with E-state index in [2.05, 4.69) is 17.1 Å². The number of para-hydroxylation sites is 1. The second-order valence-corrected chi connectivity index (χ2v) is 8.20. The molecule has 7 heteroatoms. The molecular formula is C23H27ClN4O2. The Kier molecular flexibility index (Phi) is 6.25. The molecule has 0 radical (unpaired) electrons. The molecule has 0 aliphatic carbocycles. The number of nitrogens with zero attached hydrogens (tertiary/aromatic N) is 3. The van der Waals surface area contributed by atoms with Gasteiger partial charge in [0.1, 0.15) is 17.3 Å². The van der Waals surface area contributed by atoms with Gasteiger partial charge in [0.2, 0.25) is 5.91 Å². The Hall–Kier alpha value is -2.57. The molecule has 0 bridgehead atoms. The van der Waals surface area contributed by atoms with E-state index in [1.54, 1.807) is 0 Å². The molecule has 30 heavy (non-hydrogen) atoms. The number of hydrogen-bond acceptors (Lipinski definition) is 5. The second-order valence-electron chi connectivity index (χ2n) is 7.76. The molecule has 0 saturated carbocycles. The average Bonchev–Trinajstić information content (AvgIpc) is 2.90. The van der Waals surface area contributed by atoms with Crippen molar-refractivity contribution in [2.24, 2.45) is 4.99 Å². The van der Waals surface area contributed by atoms with E-state index in [1.807, 2.05) is 54.4 Å². The average molecular weight is 427 g/mol. The molecule has 0 spiro atoms. The molecule has 1 N–H and O–H groups in total. The van der Waals surface area contributed by atoms with Gasteiger partial charge >= 0.3 is 0 Å². The summed E-state index contributed by atoms with van der Waals surface area (Å²) in [6.45, 7) is 5.16. The number of amidine groups is 1. The van der Waals surface area contributed by atoms with Crippen LogP contribution in [0.5, 0.6) is 11.5 Å². The highest BCUT2D eigenvalue weighted by atomic mass is 35.5. The zero-order valence-corrected chi connectivity index (χ0v) is 18.2. The van der Waals surface area contributed by atoms with E-state index in [-0.39, 0.29) is 11.9 Å². The smallest absolute Gasteiger partial charge is 0.223 e. The lowest BCUT2D eigenvalue weighted by Gasteiger charge is -2.36. The van der Waals surface area contributed by atoms with Crippen molar-refractivity contribution >= 4 is 29.0 Å². The van der Waals surface area contributed by atoms with Crippen LogP contribution in [0.1, 0.15) is 25.3 Å². The first-order chi connectivity index (χ1) is 14.5. The number of amides is 1. The molecule has 2 aliphatic rings. The lowest BCUT2D eigenvalue weighted by molar-refractivity contribution is -0.130. The fourth-order valence-corrected chi connectivity index (χ4v) is 4.09. The molecule has 0 unspecified atom stereocenters. The van der Waals surface area contributed by atoms with Crippen molar-refractivity contribution in [3.63, 3.8) is 0 Å². The topological polar surface area (TPSA) is 57.2 Å². The fourth-order valence-electron chi connectivity index (χ4n) is 3.92. The lowest BCUT2D eigenvalue weighted by Crippen LogP contribution is -2.54. The van der Waals surface area contributed by atoms with Crippen molar-refractivity contribution in [1.82, 2.24) is 15.1 Å². The van der Waals surface area contributed by atoms with Gasteiger partial charge in [-0.1, -0.05) is 30.7 Å². The van der Waals surface area contributed by atoms with Gasteiger partial charge in [0.15, 0.2) is 5.75 Å². The number of piperazine rings is 1. The Labute approximate surface area is 182 Å². The van der Waals surface area contributed by atoms with Crippen LogP contribution in [-0.2, 0) is 4.79 Å².